The number of aromatic nitrogens is 2. The second-order valence-corrected chi connectivity index (χ2v) is 7.62. The first-order chi connectivity index (χ1) is 13.5. The lowest BCUT2D eigenvalue weighted by Crippen LogP contribution is -2.26. The van der Waals surface area contributed by atoms with E-state index in [4.69, 9.17) is 16.3 Å². The number of rotatable bonds is 7. The molecule has 1 heterocycles. The van der Waals surface area contributed by atoms with Crippen LogP contribution >= 0.6 is 27.5 Å². The molecule has 0 saturated carbocycles. The Labute approximate surface area is 178 Å². The smallest absolute Gasteiger partial charge is 0.253 e. The molecule has 1 aromatic heterocycles. The van der Waals surface area contributed by atoms with E-state index >= 15 is 0 Å². The normalized spacial score (nSPS) is 10.7. The molecule has 0 spiro atoms. The van der Waals surface area contributed by atoms with Crippen LogP contribution in [-0.2, 0) is 19.7 Å². The van der Waals surface area contributed by atoms with Crippen LogP contribution in [0.5, 0.6) is 5.75 Å². The van der Waals surface area contributed by atoms with Crippen molar-refractivity contribution in [3.05, 3.63) is 81.0 Å². The number of amides is 1. The fraction of sp³-hybridized carbons (Fsp3) is 0.238. The Hall–Kier alpha value is -2.31. The van der Waals surface area contributed by atoms with Gasteiger partial charge in [0.25, 0.3) is 5.91 Å². The van der Waals surface area contributed by atoms with Gasteiger partial charge in [-0.25, -0.2) is 0 Å². The lowest BCUT2D eigenvalue weighted by Gasteiger charge is -2.17. The van der Waals surface area contributed by atoms with Crippen molar-refractivity contribution in [2.45, 2.75) is 26.6 Å². The number of benzene rings is 2. The van der Waals surface area contributed by atoms with Crippen molar-refractivity contribution < 1.29 is 9.53 Å². The topological polar surface area (TPSA) is 47.4 Å². The number of aryl methyl sites for hydroxylation is 1. The van der Waals surface area contributed by atoms with E-state index in [1.165, 1.54) is 0 Å². The Morgan fingerprint density at radius 1 is 1.25 bits per heavy atom. The summed E-state index contributed by atoms with van der Waals surface area (Å²) >= 11 is 9.62. The predicted molar refractivity (Wildman–Crippen MR) is 114 cm³/mol. The van der Waals surface area contributed by atoms with Gasteiger partial charge in [0.2, 0.25) is 0 Å². The minimum Gasteiger partial charge on any atom is -0.487 e. The minimum atomic E-state index is -0.0717. The van der Waals surface area contributed by atoms with Crippen LogP contribution in [0, 0.1) is 0 Å². The number of hydrogen-bond donors (Lipinski definition) is 0. The Morgan fingerprint density at radius 3 is 2.75 bits per heavy atom. The van der Waals surface area contributed by atoms with Crippen LogP contribution in [0.1, 0.15) is 28.5 Å². The number of nitrogens with zero attached hydrogens (tertiary/aromatic N) is 3. The zero-order chi connectivity index (χ0) is 20.1. The van der Waals surface area contributed by atoms with Crippen LogP contribution in [0.15, 0.2) is 59.2 Å². The standard InChI is InChI=1S/C21H21BrClN3O2/c1-3-26-12-17(22)19(24-26)13-25(2)21(27)16-8-6-7-15(11-16)14-28-20-10-5-4-9-18(20)23/h4-12H,3,13-14H2,1-2H3. The lowest BCUT2D eigenvalue weighted by atomic mass is 10.1. The molecule has 0 bridgehead atoms. The average Bonchev–Trinajstić information content (AvgIpc) is 3.06. The summed E-state index contributed by atoms with van der Waals surface area (Å²) < 4.78 is 8.51. The van der Waals surface area contributed by atoms with E-state index < -0.39 is 0 Å². The quantitative estimate of drug-likeness (QED) is 0.487. The highest BCUT2D eigenvalue weighted by Crippen LogP contribution is 2.24. The number of carbonyl (C=O) groups excluding carboxylic acids is 1. The van der Waals surface area contributed by atoms with Crippen molar-refractivity contribution in [2.24, 2.45) is 0 Å². The van der Waals surface area contributed by atoms with Gasteiger partial charge in [-0.2, -0.15) is 5.10 Å². The fourth-order valence-corrected chi connectivity index (χ4v) is 3.37. The molecule has 2 aromatic carbocycles. The zero-order valence-electron chi connectivity index (χ0n) is 15.7. The molecule has 0 aliphatic rings. The largest absolute Gasteiger partial charge is 0.487 e. The van der Waals surface area contributed by atoms with E-state index in [-0.39, 0.29) is 5.91 Å². The minimum absolute atomic E-state index is 0.0717. The Kier molecular flexibility index (Phi) is 6.75. The van der Waals surface area contributed by atoms with E-state index in [0.29, 0.717) is 29.5 Å². The summed E-state index contributed by atoms with van der Waals surface area (Å²) in [7, 11) is 1.77. The van der Waals surface area contributed by atoms with Crippen molar-refractivity contribution in [2.75, 3.05) is 7.05 Å². The molecule has 0 unspecified atom stereocenters. The van der Waals surface area contributed by atoms with Crippen molar-refractivity contribution in [3.8, 4) is 5.75 Å². The van der Waals surface area contributed by atoms with E-state index in [1.807, 2.05) is 54.2 Å². The number of para-hydroxylation sites is 1. The van der Waals surface area contributed by atoms with Gasteiger partial charge in [0.1, 0.15) is 12.4 Å². The summed E-state index contributed by atoms with van der Waals surface area (Å²) in [6.07, 6.45) is 1.92. The molecule has 0 saturated heterocycles. The molecule has 3 rings (SSSR count). The predicted octanol–water partition coefficient (Wildman–Crippen LogP) is 5.17. The van der Waals surface area contributed by atoms with Gasteiger partial charge in [0, 0.05) is 25.4 Å². The number of hydrogen-bond acceptors (Lipinski definition) is 3. The SMILES string of the molecule is CCn1cc(Br)c(CN(C)C(=O)c2cccc(COc3ccccc3Cl)c2)n1. The van der Waals surface area contributed by atoms with Crippen LogP contribution in [0.2, 0.25) is 5.02 Å². The summed E-state index contributed by atoms with van der Waals surface area (Å²) in [5.41, 5.74) is 2.33. The zero-order valence-corrected chi connectivity index (χ0v) is 18.1. The first-order valence-electron chi connectivity index (χ1n) is 8.91. The molecule has 0 fully saturated rings. The van der Waals surface area contributed by atoms with Crippen LogP contribution < -0.4 is 4.74 Å². The van der Waals surface area contributed by atoms with E-state index in [0.717, 1.165) is 22.3 Å². The lowest BCUT2D eigenvalue weighted by molar-refractivity contribution is 0.0782. The molecule has 5 nitrogen and oxygen atoms in total. The Balaban J connectivity index is 1.67. The summed E-state index contributed by atoms with van der Waals surface area (Å²) in [6, 6.07) is 14.7. The summed E-state index contributed by atoms with van der Waals surface area (Å²) in [6.45, 7) is 3.56. The highest BCUT2D eigenvalue weighted by Gasteiger charge is 2.16. The molecule has 7 heteroatoms. The van der Waals surface area contributed by atoms with Gasteiger partial charge < -0.3 is 9.64 Å². The third-order valence-corrected chi connectivity index (χ3v) is 5.22. The van der Waals surface area contributed by atoms with E-state index in [9.17, 15) is 4.79 Å². The van der Waals surface area contributed by atoms with Gasteiger partial charge in [-0.05, 0) is 52.7 Å². The van der Waals surface area contributed by atoms with E-state index in [1.54, 1.807) is 24.1 Å². The molecule has 28 heavy (non-hydrogen) atoms. The number of halogens is 2. The number of ether oxygens (including phenoxy) is 1. The summed E-state index contributed by atoms with van der Waals surface area (Å²) in [5.74, 6) is 0.548. The van der Waals surface area contributed by atoms with Crippen LogP contribution in [0.25, 0.3) is 0 Å². The average molecular weight is 463 g/mol. The second-order valence-electron chi connectivity index (χ2n) is 6.36. The van der Waals surface area contributed by atoms with Gasteiger partial charge in [-0.3, -0.25) is 9.48 Å². The van der Waals surface area contributed by atoms with E-state index in [2.05, 4.69) is 21.0 Å². The molecular weight excluding hydrogens is 442 g/mol. The van der Waals surface area contributed by atoms with Crippen molar-refractivity contribution >= 4 is 33.4 Å². The van der Waals surface area contributed by atoms with Gasteiger partial charge in [-0.1, -0.05) is 35.9 Å². The third-order valence-electron chi connectivity index (χ3n) is 4.25. The maximum atomic E-state index is 12.8. The summed E-state index contributed by atoms with van der Waals surface area (Å²) in [5, 5.41) is 5.04. The molecule has 3 aromatic rings. The highest BCUT2D eigenvalue weighted by molar-refractivity contribution is 9.10. The molecule has 0 aliphatic heterocycles. The molecule has 0 aliphatic carbocycles. The Morgan fingerprint density at radius 2 is 2.04 bits per heavy atom. The van der Waals surface area contributed by atoms with Crippen molar-refractivity contribution in [1.29, 1.82) is 0 Å². The monoisotopic (exact) mass is 461 g/mol. The maximum absolute atomic E-state index is 12.8. The van der Waals surface area contributed by atoms with Crippen LogP contribution in [0.4, 0.5) is 0 Å². The van der Waals surface area contributed by atoms with Crippen molar-refractivity contribution in [1.82, 2.24) is 14.7 Å². The van der Waals surface area contributed by atoms with Crippen LogP contribution in [0.3, 0.4) is 0 Å². The second kappa shape index (κ2) is 9.26. The summed E-state index contributed by atoms with van der Waals surface area (Å²) in [4.78, 5) is 14.5. The first-order valence-corrected chi connectivity index (χ1v) is 10.1. The van der Waals surface area contributed by atoms with Crippen LogP contribution in [-0.4, -0.2) is 27.6 Å². The first kappa shape index (κ1) is 20.4. The molecular formula is C21H21BrClN3O2. The highest BCUT2D eigenvalue weighted by atomic mass is 79.9. The van der Waals surface area contributed by atoms with Gasteiger partial charge in [0.15, 0.2) is 0 Å². The van der Waals surface area contributed by atoms with Gasteiger partial charge in [0.05, 0.1) is 21.7 Å². The maximum Gasteiger partial charge on any atom is 0.253 e. The third kappa shape index (κ3) is 4.94. The molecule has 0 atom stereocenters. The van der Waals surface area contributed by atoms with Gasteiger partial charge in [-0.15, -0.1) is 0 Å². The van der Waals surface area contributed by atoms with Gasteiger partial charge >= 0.3 is 0 Å². The molecule has 1 amide bonds. The molecule has 0 radical (unpaired) electrons. The molecule has 146 valence electrons. The Bertz CT molecular complexity index is 974. The number of carbonyl (C=O) groups is 1. The fourth-order valence-electron chi connectivity index (χ4n) is 2.74. The van der Waals surface area contributed by atoms with Crippen molar-refractivity contribution in [3.63, 3.8) is 0 Å². The molecule has 0 N–H and O–H groups in total.